The normalized spacial score (nSPS) is 28.1. The first-order valence-corrected chi connectivity index (χ1v) is 5.61. The van der Waals surface area contributed by atoms with Gasteiger partial charge >= 0.3 is 0 Å². The molecule has 0 aromatic heterocycles. The van der Waals surface area contributed by atoms with Crippen molar-refractivity contribution in [3.63, 3.8) is 0 Å². The Morgan fingerprint density at radius 3 is 2.47 bits per heavy atom. The minimum Gasteiger partial charge on any atom is -0.369 e. The van der Waals surface area contributed by atoms with E-state index in [9.17, 15) is 9.90 Å². The maximum atomic E-state index is 12.2. The van der Waals surface area contributed by atoms with E-state index in [4.69, 9.17) is 0 Å². The third-order valence-electron chi connectivity index (χ3n) is 3.35. The second kappa shape index (κ2) is 3.96. The summed E-state index contributed by atoms with van der Waals surface area (Å²) in [5, 5.41) is 15.6. The van der Waals surface area contributed by atoms with Gasteiger partial charge in [-0.3, -0.25) is 4.79 Å². The molecule has 1 N–H and O–H groups in total. The van der Waals surface area contributed by atoms with E-state index in [1.165, 1.54) is 5.01 Å². The quantitative estimate of drug-likeness (QED) is 0.803. The standard InChI is InChI=1S/C13H16N2O2/c1-9-10(2)14-15(13(9,3)17)12(16)11-7-5-4-6-8-11/h4-9,17H,1-3H3. The lowest BCUT2D eigenvalue weighted by atomic mass is 9.96. The molecule has 1 aromatic carbocycles. The molecule has 0 fully saturated rings. The zero-order chi connectivity index (χ0) is 12.6. The Morgan fingerprint density at radius 2 is 2.00 bits per heavy atom. The maximum Gasteiger partial charge on any atom is 0.276 e. The van der Waals surface area contributed by atoms with Crippen molar-refractivity contribution in [2.75, 3.05) is 0 Å². The molecule has 2 rings (SSSR count). The number of hydrogen-bond donors (Lipinski definition) is 1. The number of amides is 1. The summed E-state index contributed by atoms with van der Waals surface area (Å²) in [6, 6.07) is 8.85. The van der Waals surface area contributed by atoms with E-state index >= 15 is 0 Å². The van der Waals surface area contributed by atoms with E-state index in [2.05, 4.69) is 5.10 Å². The molecule has 0 radical (unpaired) electrons. The third kappa shape index (κ3) is 1.85. The summed E-state index contributed by atoms with van der Waals surface area (Å²) in [5.41, 5.74) is 0.0366. The van der Waals surface area contributed by atoms with Crippen molar-refractivity contribution in [3.8, 4) is 0 Å². The molecule has 1 aliphatic rings. The van der Waals surface area contributed by atoms with Crippen LogP contribution in [-0.4, -0.2) is 27.5 Å². The van der Waals surface area contributed by atoms with Crippen LogP contribution >= 0.6 is 0 Å². The van der Waals surface area contributed by atoms with Crippen molar-refractivity contribution < 1.29 is 9.90 Å². The molecular weight excluding hydrogens is 216 g/mol. The first-order chi connectivity index (χ1) is 7.94. The minimum absolute atomic E-state index is 0.157. The Morgan fingerprint density at radius 1 is 1.41 bits per heavy atom. The summed E-state index contributed by atoms with van der Waals surface area (Å²) in [6.07, 6.45) is 0. The number of nitrogens with zero attached hydrogens (tertiary/aromatic N) is 2. The zero-order valence-electron chi connectivity index (χ0n) is 10.2. The van der Waals surface area contributed by atoms with Gasteiger partial charge in [0, 0.05) is 17.2 Å². The number of benzene rings is 1. The monoisotopic (exact) mass is 232 g/mol. The van der Waals surface area contributed by atoms with Crippen LogP contribution in [0.2, 0.25) is 0 Å². The molecule has 1 heterocycles. The van der Waals surface area contributed by atoms with Crippen LogP contribution in [0.1, 0.15) is 31.1 Å². The van der Waals surface area contributed by atoms with E-state index in [-0.39, 0.29) is 11.8 Å². The lowest BCUT2D eigenvalue weighted by molar-refractivity contribution is -0.0787. The molecular formula is C13H16N2O2. The molecule has 0 bridgehead atoms. The highest BCUT2D eigenvalue weighted by molar-refractivity contribution is 5.98. The molecule has 0 saturated carbocycles. The number of carbonyl (C=O) groups is 1. The average Bonchev–Trinajstić information content (AvgIpc) is 2.53. The van der Waals surface area contributed by atoms with Crippen molar-refractivity contribution in [3.05, 3.63) is 35.9 Å². The van der Waals surface area contributed by atoms with Gasteiger partial charge in [0.1, 0.15) is 0 Å². The van der Waals surface area contributed by atoms with Gasteiger partial charge < -0.3 is 5.11 Å². The summed E-state index contributed by atoms with van der Waals surface area (Å²) in [4.78, 5) is 12.2. The van der Waals surface area contributed by atoms with Crippen LogP contribution in [-0.2, 0) is 0 Å². The number of hydrazone groups is 1. The number of rotatable bonds is 1. The van der Waals surface area contributed by atoms with Crippen molar-refractivity contribution in [1.82, 2.24) is 5.01 Å². The van der Waals surface area contributed by atoms with E-state index in [0.29, 0.717) is 5.56 Å². The Labute approximate surface area is 101 Å². The second-order valence-electron chi connectivity index (χ2n) is 4.54. The van der Waals surface area contributed by atoms with Crippen LogP contribution < -0.4 is 0 Å². The van der Waals surface area contributed by atoms with Crippen LogP contribution in [0.5, 0.6) is 0 Å². The Kier molecular flexibility index (Phi) is 2.75. The molecule has 1 aliphatic heterocycles. The Balaban J connectivity index is 2.34. The van der Waals surface area contributed by atoms with Gasteiger partial charge in [0.2, 0.25) is 0 Å². The number of aliphatic hydroxyl groups is 1. The van der Waals surface area contributed by atoms with Crippen LogP contribution in [0.15, 0.2) is 35.4 Å². The molecule has 1 amide bonds. The topological polar surface area (TPSA) is 52.9 Å². The summed E-state index contributed by atoms with van der Waals surface area (Å²) in [6.45, 7) is 5.28. The Hall–Kier alpha value is -1.68. The first kappa shape index (κ1) is 11.8. The summed E-state index contributed by atoms with van der Waals surface area (Å²) >= 11 is 0. The highest BCUT2D eigenvalue weighted by Crippen LogP contribution is 2.31. The number of carbonyl (C=O) groups excluding carboxylic acids is 1. The van der Waals surface area contributed by atoms with Gasteiger partial charge in [-0.2, -0.15) is 10.1 Å². The largest absolute Gasteiger partial charge is 0.369 e. The van der Waals surface area contributed by atoms with E-state index in [1.807, 2.05) is 19.9 Å². The van der Waals surface area contributed by atoms with Crippen LogP contribution in [0, 0.1) is 5.92 Å². The van der Waals surface area contributed by atoms with Crippen molar-refractivity contribution in [1.29, 1.82) is 0 Å². The van der Waals surface area contributed by atoms with Gasteiger partial charge in [0.05, 0.1) is 0 Å². The van der Waals surface area contributed by atoms with Gasteiger partial charge in [0.15, 0.2) is 5.72 Å². The molecule has 1 aromatic rings. The van der Waals surface area contributed by atoms with Gasteiger partial charge in [-0.1, -0.05) is 25.1 Å². The average molecular weight is 232 g/mol. The summed E-state index contributed by atoms with van der Waals surface area (Å²) in [5.74, 6) is -0.436. The molecule has 0 aliphatic carbocycles. The fraction of sp³-hybridized carbons (Fsp3) is 0.385. The molecule has 4 nitrogen and oxygen atoms in total. The molecule has 90 valence electrons. The summed E-state index contributed by atoms with van der Waals surface area (Å²) in [7, 11) is 0. The van der Waals surface area contributed by atoms with Crippen LogP contribution in [0.25, 0.3) is 0 Å². The van der Waals surface area contributed by atoms with Crippen molar-refractivity contribution >= 4 is 11.6 Å². The zero-order valence-corrected chi connectivity index (χ0v) is 10.2. The lowest BCUT2D eigenvalue weighted by Gasteiger charge is -2.30. The molecule has 2 unspecified atom stereocenters. The highest BCUT2D eigenvalue weighted by atomic mass is 16.3. The first-order valence-electron chi connectivity index (χ1n) is 5.61. The van der Waals surface area contributed by atoms with E-state index < -0.39 is 5.72 Å². The third-order valence-corrected chi connectivity index (χ3v) is 3.35. The van der Waals surface area contributed by atoms with Crippen molar-refractivity contribution in [2.45, 2.75) is 26.5 Å². The van der Waals surface area contributed by atoms with E-state index in [1.54, 1.807) is 31.2 Å². The minimum atomic E-state index is -1.25. The summed E-state index contributed by atoms with van der Waals surface area (Å²) < 4.78 is 0. The molecule has 4 heteroatoms. The smallest absolute Gasteiger partial charge is 0.276 e. The molecule has 0 saturated heterocycles. The molecule has 17 heavy (non-hydrogen) atoms. The predicted octanol–water partition coefficient (Wildman–Crippen LogP) is 1.86. The van der Waals surface area contributed by atoms with Gasteiger partial charge in [-0.05, 0) is 26.0 Å². The Bertz CT molecular complexity index is 466. The molecule has 2 atom stereocenters. The highest BCUT2D eigenvalue weighted by Gasteiger charge is 2.45. The van der Waals surface area contributed by atoms with Crippen LogP contribution in [0.4, 0.5) is 0 Å². The number of hydrogen-bond acceptors (Lipinski definition) is 3. The lowest BCUT2D eigenvalue weighted by Crippen LogP contribution is -2.47. The maximum absolute atomic E-state index is 12.2. The fourth-order valence-electron chi connectivity index (χ4n) is 1.88. The SMILES string of the molecule is CC1=NN(C(=O)c2ccccc2)C(C)(O)C1C. The van der Waals surface area contributed by atoms with Crippen LogP contribution in [0.3, 0.4) is 0 Å². The molecule has 0 spiro atoms. The van der Waals surface area contributed by atoms with Gasteiger partial charge in [-0.25, -0.2) is 0 Å². The van der Waals surface area contributed by atoms with Gasteiger partial charge in [-0.15, -0.1) is 0 Å². The van der Waals surface area contributed by atoms with Gasteiger partial charge in [0.25, 0.3) is 5.91 Å². The fourth-order valence-corrected chi connectivity index (χ4v) is 1.88. The predicted molar refractivity (Wildman–Crippen MR) is 65.5 cm³/mol. The van der Waals surface area contributed by atoms with E-state index in [0.717, 1.165) is 5.71 Å². The van der Waals surface area contributed by atoms with Crippen molar-refractivity contribution in [2.24, 2.45) is 11.0 Å². The second-order valence-corrected chi connectivity index (χ2v) is 4.54.